The van der Waals surface area contributed by atoms with Crippen LogP contribution in [0.5, 0.6) is 0 Å². The van der Waals surface area contributed by atoms with Crippen molar-refractivity contribution in [2.24, 2.45) is 11.5 Å². The van der Waals surface area contributed by atoms with Gasteiger partial charge in [0, 0.05) is 6.54 Å². The molecule has 9 heavy (non-hydrogen) atoms. The van der Waals surface area contributed by atoms with E-state index in [1.165, 1.54) is 0 Å². The lowest BCUT2D eigenvalue weighted by molar-refractivity contribution is 0.186. The van der Waals surface area contributed by atoms with Crippen molar-refractivity contribution in [1.29, 1.82) is 0 Å². The summed E-state index contributed by atoms with van der Waals surface area (Å²) in [6, 6.07) is 0. The first kappa shape index (κ1) is 11.6. The third-order valence-corrected chi connectivity index (χ3v) is 0.341. The van der Waals surface area contributed by atoms with Crippen molar-refractivity contribution in [1.82, 2.24) is 0 Å². The fraction of sp³-hybridized carbons (Fsp3) is 1.00. The highest BCUT2D eigenvalue weighted by Gasteiger charge is 1.81. The first-order chi connectivity index (χ1) is 4.18. The molecule has 0 rings (SSSR count). The Labute approximate surface area is 53.9 Å². The number of hydrogen-bond donors (Lipinski definition) is 5. The maximum atomic E-state index is 8.01. The Morgan fingerprint density at radius 2 is 1.44 bits per heavy atom. The van der Waals surface area contributed by atoms with Crippen LogP contribution in [0.2, 0.25) is 0 Å². The molecule has 0 aliphatic rings. The van der Waals surface area contributed by atoms with Gasteiger partial charge in [-0.1, -0.05) is 0 Å². The van der Waals surface area contributed by atoms with Crippen LogP contribution in [0.15, 0.2) is 0 Å². The van der Waals surface area contributed by atoms with Crippen LogP contribution >= 0.6 is 0 Å². The average Bonchev–Trinajstić information content (AvgIpc) is 1.89. The minimum atomic E-state index is -0.838. The molecule has 1 unspecified atom stereocenters. The first-order valence-electron chi connectivity index (χ1n) is 2.54. The van der Waals surface area contributed by atoms with Crippen LogP contribution < -0.4 is 11.5 Å². The number of rotatable bonds is 2. The van der Waals surface area contributed by atoms with Crippen LogP contribution in [0.3, 0.4) is 0 Å². The molecule has 7 N–H and O–H groups in total. The number of aliphatic hydroxyl groups excluding tert-OH is 3. The minimum Gasteiger partial charge on any atom is -0.394 e. The molecule has 0 spiro atoms. The summed E-state index contributed by atoms with van der Waals surface area (Å²) in [6.07, 6.45) is -0.838. The lowest BCUT2D eigenvalue weighted by Crippen LogP contribution is -2.28. The maximum Gasteiger partial charge on any atom is 0.114 e. The second-order valence-electron chi connectivity index (χ2n) is 1.25. The summed E-state index contributed by atoms with van der Waals surface area (Å²) in [5, 5.41) is 23.3. The summed E-state index contributed by atoms with van der Waals surface area (Å²) in [4.78, 5) is 0. The molecule has 0 fully saturated rings. The summed E-state index contributed by atoms with van der Waals surface area (Å²) in [6.45, 7) is -0.111. The standard InChI is InChI=1S/C2H8N2O.C2H6O2/c3-1-2(4)5;3-1-2-4/h2,5H,1,3-4H2;3-4H,1-2H2. The van der Waals surface area contributed by atoms with E-state index < -0.39 is 6.23 Å². The molecule has 5 nitrogen and oxygen atoms in total. The van der Waals surface area contributed by atoms with Crippen LogP contribution in [0.1, 0.15) is 0 Å². The van der Waals surface area contributed by atoms with Gasteiger partial charge in [-0.25, -0.2) is 0 Å². The Bertz CT molecular complexity index is 40.8. The zero-order valence-electron chi connectivity index (χ0n) is 5.20. The molecule has 0 heterocycles. The highest BCUT2D eigenvalue weighted by Crippen LogP contribution is 1.51. The third-order valence-electron chi connectivity index (χ3n) is 0.341. The van der Waals surface area contributed by atoms with E-state index in [2.05, 4.69) is 0 Å². The van der Waals surface area contributed by atoms with Gasteiger partial charge < -0.3 is 26.8 Å². The summed E-state index contributed by atoms with van der Waals surface area (Å²) < 4.78 is 0. The van der Waals surface area contributed by atoms with Crippen LogP contribution in [0.4, 0.5) is 0 Å². The smallest absolute Gasteiger partial charge is 0.114 e. The van der Waals surface area contributed by atoms with E-state index in [4.69, 9.17) is 26.8 Å². The molecule has 0 aromatic rings. The Balaban J connectivity index is 0. The van der Waals surface area contributed by atoms with E-state index >= 15 is 0 Å². The second-order valence-corrected chi connectivity index (χ2v) is 1.25. The van der Waals surface area contributed by atoms with E-state index in [0.717, 1.165) is 0 Å². The van der Waals surface area contributed by atoms with E-state index in [1.807, 2.05) is 0 Å². The lowest BCUT2D eigenvalue weighted by atomic mass is 10.6. The molecule has 0 saturated heterocycles. The zero-order valence-corrected chi connectivity index (χ0v) is 5.20. The number of hydrogen-bond acceptors (Lipinski definition) is 5. The molecule has 0 aromatic heterocycles. The molecule has 5 heteroatoms. The van der Waals surface area contributed by atoms with Crippen molar-refractivity contribution in [3.8, 4) is 0 Å². The van der Waals surface area contributed by atoms with Gasteiger partial charge in [0.15, 0.2) is 0 Å². The average molecular weight is 138 g/mol. The number of nitrogens with two attached hydrogens (primary N) is 2. The van der Waals surface area contributed by atoms with E-state index in [-0.39, 0.29) is 19.8 Å². The molecule has 0 saturated carbocycles. The van der Waals surface area contributed by atoms with Gasteiger partial charge in [-0.05, 0) is 0 Å². The topological polar surface area (TPSA) is 113 Å². The van der Waals surface area contributed by atoms with E-state index in [0.29, 0.717) is 0 Å². The van der Waals surface area contributed by atoms with Crippen molar-refractivity contribution in [2.75, 3.05) is 19.8 Å². The molecule has 0 aromatic carbocycles. The largest absolute Gasteiger partial charge is 0.394 e. The van der Waals surface area contributed by atoms with Gasteiger partial charge in [-0.15, -0.1) is 0 Å². The fourth-order valence-corrected chi connectivity index (χ4v) is 0. The summed E-state index contributed by atoms with van der Waals surface area (Å²) in [5.41, 5.74) is 9.52. The molecule has 0 bridgehead atoms. The SMILES string of the molecule is NCC(N)O.OCCO. The molecule has 58 valence electrons. The molecular formula is C4H14N2O3. The predicted molar refractivity (Wildman–Crippen MR) is 33.4 cm³/mol. The highest BCUT2D eigenvalue weighted by molar-refractivity contribution is 4.37. The predicted octanol–water partition coefficient (Wildman–Crippen LogP) is -2.81. The highest BCUT2D eigenvalue weighted by atomic mass is 16.3. The fourth-order valence-electron chi connectivity index (χ4n) is 0. The number of aliphatic hydroxyl groups is 3. The molecule has 0 aliphatic heterocycles. The monoisotopic (exact) mass is 138 g/mol. The van der Waals surface area contributed by atoms with E-state index in [1.54, 1.807) is 0 Å². The van der Waals surface area contributed by atoms with E-state index in [9.17, 15) is 0 Å². The quantitative estimate of drug-likeness (QED) is 0.264. The van der Waals surface area contributed by atoms with Crippen molar-refractivity contribution in [2.45, 2.75) is 6.23 Å². The lowest BCUT2D eigenvalue weighted by Gasteiger charge is -1.91. The van der Waals surface area contributed by atoms with Gasteiger partial charge in [0.25, 0.3) is 0 Å². The normalized spacial score (nSPS) is 11.7. The van der Waals surface area contributed by atoms with Crippen LogP contribution in [-0.2, 0) is 0 Å². The van der Waals surface area contributed by atoms with Crippen LogP contribution in [0, 0.1) is 0 Å². The van der Waals surface area contributed by atoms with Crippen molar-refractivity contribution >= 4 is 0 Å². The van der Waals surface area contributed by atoms with Gasteiger partial charge >= 0.3 is 0 Å². The Hall–Kier alpha value is -0.200. The minimum absolute atomic E-state index is 0.125. The van der Waals surface area contributed by atoms with Crippen molar-refractivity contribution in [3.63, 3.8) is 0 Å². The van der Waals surface area contributed by atoms with Crippen LogP contribution in [0.25, 0.3) is 0 Å². The third kappa shape index (κ3) is 33.5. The Morgan fingerprint density at radius 1 is 1.22 bits per heavy atom. The summed E-state index contributed by atoms with van der Waals surface area (Å²) in [5.74, 6) is 0. The molecule has 0 radical (unpaired) electrons. The maximum absolute atomic E-state index is 8.01. The van der Waals surface area contributed by atoms with Gasteiger partial charge in [0.2, 0.25) is 0 Å². The van der Waals surface area contributed by atoms with Gasteiger partial charge in [-0.2, -0.15) is 0 Å². The molecule has 0 aliphatic carbocycles. The second kappa shape index (κ2) is 10.7. The van der Waals surface area contributed by atoms with Gasteiger partial charge in [0.05, 0.1) is 13.2 Å². The van der Waals surface area contributed by atoms with Gasteiger partial charge in [-0.3, -0.25) is 0 Å². The van der Waals surface area contributed by atoms with Crippen molar-refractivity contribution < 1.29 is 15.3 Å². The van der Waals surface area contributed by atoms with Crippen LogP contribution in [-0.4, -0.2) is 41.3 Å². The molecule has 0 amide bonds. The summed E-state index contributed by atoms with van der Waals surface area (Å²) >= 11 is 0. The zero-order chi connectivity index (χ0) is 7.70. The first-order valence-corrected chi connectivity index (χ1v) is 2.54. The van der Waals surface area contributed by atoms with Gasteiger partial charge in [0.1, 0.15) is 6.23 Å². The molecular weight excluding hydrogens is 124 g/mol. The van der Waals surface area contributed by atoms with Crippen molar-refractivity contribution in [3.05, 3.63) is 0 Å². The Kier molecular flexibility index (Phi) is 13.8. The summed E-state index contributed by atoms with van der Waals surface area (Å²) in [7, 11) is 0. The molecule has 1 atom stereocenters. The Morgan fingerprint density at radius 3 is 1.44 bits per heavy atom.